The zero-order chi connectivity index (χ0) is 17.7. The van der Waals surface area contributed by atoms with Crippen molar-refractivity contribution >= 4 is 29.3 Å². The fourth-order valence-corrected chi connectivity index (χ4v) is 2.29. The highest BCUT2D eigenvalue weighted by Crippen LogP contribution is 2.24. The number of hydrogen-bond acceptors (Lipinski definition) is 6. The molecule has 0 radical (unpaired) electrons. The van der Waals surface area contributed by atoms with E-state index in [0.717, 1.165) is 5.56 Å². The maximum absolute atomic E-state index is 10.7. The minimum atomic E-state index is -0.461. The molecule has 0 amide bonds. The Kier molecular flexibility index (Phi) is 5.45. The zero-order valence-corrected chi connectivity index (χ0v) is 13.9. The molecule has 0 N–H and O–H groups in total. The minimum absolute atomic E-state index is 0.0124. The lowest BCUT2D eigenvalue weighted by molar-refractivity contribution is -0.384. The topological polar surface area (TPSA) is 95.4 Å². The Morgan fingerprint density at radius 3 is 2.67 bits per heavy atom. The molecule has 0 aliphatic heterocycles. The number of aryl methyl sites for hydroxylation is 1. The number of nitrogens with zero attached hydrogens (tertiary/aromatic N) is 5. The molecule has 0 fully saturated rings. The van der Waals surface area contributed by atoms with Crippen LogP contribution in [0.5, 0.6) is 0 Å². The molecule has 24 heavy (non-hydrogen) atoms. The summed E-state index contributed by atoms with van der Waals surface area (Å²) in [4.78, 5) is 14.4. The molecule has 1 heterocycles. The van der Waals surface area contributed by atoms with Crippen LogP contribution in [0.2, 0.25) is 5.15 Å². The first-order valence-corrected chi connectivity index (χ1v) is 7.47. The maximum Gasteiger partial charge on any atom is 0.269 e. The average molecular weight is 344 g/mol. The van der Waals surface area contributed by atoms with Crippen molar-refractivity contribution in [1.29, 1.82) is 5.26 Å². The van der Waals surface area contributed by atoms with Crippen molar-refractivity contribution < 1.29 is 4.92 Å². The third kappa shape index (κ3) is 3.86. The molecule has 0 saturated heterocycles. The van der Waals surface area contributed by atoms with Gasteiger partial charge in [0.05, 0.1) is 16.7 Å². The van der Waals surface area contributed by atoms with Gasteiger partial charge in [-0.05, 0) is 43.2 Å². The van der Waals surface area contributed by atoms with Crippen molar-refractivity contribution in [3.8, 4) is 6.07 Å². The van der Waals surface area contributed by atoms with Crippen LogP contribution in [0.4, 0.5) is 11.5 Å². The molecule has 7 nitrogen and oxygen atoms in total. The summed E-state index contributed by atoms with van der Waals surface area (Å²) >= 11 is 5.98. The van der Waals surface area contributed by atoms with Crippen LogP contribution in [-0.2, 0) is 0 Å². The van der Waals surface area contributed by atoms with Crippen LogP contribution in [-0.4, -0.2) is 22.7 Å². The summed E-state index contributed by atoms with van der Waals surface area (Å²) in [5.41, 5.74) is 1.83. The summed E-state index contributed by atoms with van der Waals surface area (Å²) in [6, 6.07) is 9.73. The van der Waals surface area contributed by atoms with Crippen LogP contribution in [0.15, 0.2) is 35.4 Å². The first kappa shape index (κ1) is 17.4. The van der Waals surface area contributed by atoms with Crippen LogP contribution >= 0.6 is 11.6 Å². The van der Waals surface area contributed by atoms with Crippen LogP contribution in [0.25, 0.3) is 0 Å². The van der Waals surface area contributed by atoms with E-state index < -0.39 is 4.92 Å². The molecule has 2 rings (SSSR count). The van der Waals surface area contributed by atoms with Gasteiger partial charge in [-0.15, -0.1) is 0 Å². The molecule has 1 aromatic heterocycles. The van der Waals surface area contributed by atoms with Crippen LogP contribution in [0, 0.1) is 28.4 Å². The average Bonchev–Trinajstić information content (AvgIpc) is 2.55. The first-order valence-electron chi connectivity index (χ1n) is 7.09. The van der Waals surface area contributed by atoms with Gasteiger partial charge >= 0.3 is 0 Å². The number of hydrogen-bond donors (Lipinski definition) is 0. The van der Waals surface area contributed by atoms with Crippen molar-refractivity contribution in [2.45, 2.75) is 13.8 Å². The Labute approximate surface area is 144 Å². The summed E-state index contributed by atoms with van der Waals surface area (Å²) in [7, 11) is 0. The Hall–Kier alpha value is -2.98. The lowest BCUT2D eigenvalue weighted by atomic mass is 10.1. The van der Waals surface area contributed by atoms with Gasteiger partial charge in [-0.3, -0.25) is 10.1 Å². The van der Waals surface area contributed by atoms with Crippen LogP contribution < -0.4 is 5.01 Å². The predicted molar refractivity (Wildman–Crippen MR) is 92.4 cm³/mol. The second-order valence-electron chi connectivity index (χ2n) is 4.88. The van der Waals surface area contributed by atoms with E-state index >= 15 is 0 Å². The summed E-state index contributed by atoms with van der Waals surface area (Å²) < 4.78 is 0. The van der Waals surface area contributed by atoms with Gasteiger partial charge in [0.2, 0.25) is 0 Å². The van der Waals surface area contributed by atoms with Crippen molar-refractivity contribution in [3.63, 3.8) is 0 Å². The third-order valence-corrected chi connectivity index (χ3v) is 3.47. The van der Waals surface area contributed by atoms with Gasteiger partial charge in [0.1, 0.15) is 11.2 Å². The number of non-ortho nitro benzene ring substituents is 1. The summed E-state index contributed by atoms with van der Waals surface area (Å²) in [5, 5.41) is 26.1. The number of anilines is 1. The molecule has 8 heteroatoms. The molecule has 1 aromatic carbocycles. The molecule has 0 saturated carbocycles. The lowest BCUT2D eigenvalue weighted by Crippen LogP contribution is -2.19. The number of rotatable bonds is 5. The van der Waals surface area contributed by atoms with Crippen molar-refractivity contribution in [3.05, 3.63) is 62.3 Å². The van der Waals surface area contributed by atoms with Crippen LogP contribution in [0.3, 0.4) is 0 Å². The Balaban J connectivity index is 2.33. The standard InChI is InChI=1S/C16H14ClN5O2/c1-3-21(16-14(9-18)11(2)8-15(17)20-16)19-10-12-4-6-13(7-5-12)22(23)24/h4-8,10H,3H2,1-2H3/b19-10-. The van der Waals surface area contributed by atoms with Crippen molar-refractivity contribution in [1.82, 2.24) is 4.98 Å². The van der Waals surface area contributed by atoms with Gasteiger partial charge in [-0.25, -0.2) is 9.99 Å². The fourth-order valence-electron chi connectivity index (χ4n) is 2.05. The van der Waals surface area contributed by atoms with Gasteiger partial charge in [0, 0.05) is 18.7 Å². The van der Waals surface area contributed by atoms with E-state index in [1.165, 1.54) is 12.1 Å². The number of nitriles is 1. The highest BCUT2D eigenvalue weighted by atomic mass is 35.5. The number of benzene rings is 1. The monoisotopic (exact) mass is 343 g/mol. The molecule has 2 aromatic rings. The fraction of sp³-hybridized carbons (Fsp3) is 0.188. The SMILES string of the molecule is CCN(/N=C\c1ccc([N+](=O)[O-])cc1)c1nc(Cl)cc(C)c1C#N. The largest absolute Gasteiger partial charge is 0.269 e. The quantitative estimate of drug-likeness (QED) is 0.357. The highest BCUT2D eigenvalue weighted by Gasteiger charge is 2.14. The van der Waals surface area contributed by atoms with Crippen molar-refractivity contribution in [2.75, 3.05) is 11.6 Å². The zero-order valence-electron chi connectivity index (χ0n) is 13.1. The van der Waals surface area contributed by atoms with E-state index in [9.17, 15) is 15.4 Å². The number of pyridine rings is 1. The highest BCUT2D eigenvalue weighted by molar-refractivity contribution is 6.29. The number of nitro benzene ring substituents is 1. The molecule has 0 unspecified atom stereocenters. The molecule has 0 spiro atoms. The molecule has 0 atom stereocenters. The van der Waals surface area contributed by atoms with Gasteiger partial charge in [0.15, 0.2) is 5.82 Å². The predicted octanol–water partition coefficient (Wildman–Crippen LogP) is 3.68. The van der Waals surface area contributed by atoms with Gasteiger partial charge in [-0.1, -0.05) is 11.6 Å². The Morgan fingerprint density at radius 2 is 2.12 bits per heavy atom. The van der Waals surface area contributed by atoms with E-state index in [1.54, 1.807) is 36.3 Å². The summed E-state index contributed by atoms with van der Waals surface area (Å²) in [5.74, 6) is 0.378. The third-order valence-electron chi connectivity index (χ3n) is 3.27. The Morgan fingerprint density at radius 1 is 1.46 bits per heavy atom. The number of hydrazone groups is 1. The van der Waals surface area contributed by atoms with Crippen molar-refractivity contribution in [2.24, 2.45) is 5.10 Å². The molecule has 0 aliphatic carbocycles. The number of nitro groups is 1. The lowest BCUT2D eigenvalue weighted by Gasteiger charge is -2.18. The number of aromatic nitrogens is 1. The molecule has 122 valence electrons. The Bertz CT molecular complexity index is 828. The molecular weight excluding hydrogens is 330 g/mol. The summed E-state index contributed by atoms with van der Waals surface area (Å²) in [6.07, 6.45) is 1.55. The first-order chi connectivity index (χ1) is 11.5. The van der Waals surface area contributed by atoms with E-state index in [-0.39, 0.29) is 10.8 Å². The second kappa shape index (κ2) is 7.53. The van der Waals surface area contributed by atoms with E-state index in [1.807, 2.05) is 6.92 Å². The summed E-state index contributed by atoms with van der Waals surface area (Å²) in [6.45, 7) is 4.13. The smallest absolute Gasteiger partial charge is 0.258 e. The van der Waals surface area contributed by atoms with Crippen LogP contribution in [0.1, 0.15) is 23.6 Å². The van der Waals surface area contributed by atoms with E-state index in [2.05, 4.69) is 16.2 Å². The maximum atomic E-state index is 10.7. The normalized spacial score (nSPS) is 10.6. The van der Waals surface area contributed by atoms with Gasteiger partial charge in [-0.2, -0.15) is 10.4 Å². The van der Waals surface area contributed by atoms with E-state index in [0.29, 0.717) is 23.5 Å². The molecule has 0 bridgehead atoms. The molecule has 0 aliphatic rings. The minimum Gasteiger partial charge on any atom is -0.258 e. The van der Waals surface area contributed by atoms with Gasteiger partial charge < -0.3 is 0 Å². The van der Waals surface area contributed by atoms with E-state index in [4.69, 9.17) is 11.6 Å². The second-order valence-corrected chi connectivity index (χ2v) is 5.27. The molecular formula is C16H14ClN5O2. The van der Waals surface area contributed by atoms with Gasteiger partial charge in [0.25, 0.3) is 5.69 Å². The number of halogens is 1.